The highest BCUT2D eigenvalue weighted by molar-refractivity contribution is 7.14. The van der Waals surface area contributed by atoms with Crippen LogP contribution >= 0.6 is 11.3 Å². The summed E-state index contributed by atoms with van der Waals surface area (Å²) in [5.41, 5.74) is 0.592. The second-order valence-corrected chi connectivity index (χ2v) is 6.95. The highest BCUT2D eigenvalue weighted by Gasteiger charge is 2.15. The quantitative estimate of drug-likeness (QED) is 0.589. The SMILES string of the molecule is O=C(Cc1csc(NC(=O)c2ccc[nH]c2=O)n1)Nc1ccc2c(c1)OCCO2. The normalized spacial score (nSPS) is 12.3. The molecule has 0 spiro atoms. The van der Waals surface area contributed by atoms with E-state index < -0.39 is 11.5 Å². The average molecular weight is 412 g/mol. The van der Waals surface area contributed by atoms with Crippen LogP contribution in [0.15, 0.2) is 46.7 Å². The molecule has 9 nitrogen and oxygen atoms in total. The predicted octanol–water partition coefficient (Wildman–Crippen LogP) is 2.04. The summed E-state index contributed by atoms with van der Waals surface area (Å²) in [6, 6.07) is 8.16. The van der Waals surface area contributed by atoms with Gasteiger partial charge in [-0.2, -0.15) is 0 Å². The number of aromatic nitrogens is 2. The first kappa shape index (κ1) is 18.7. The minimum Gasteiger partial charge on any atom is -0.486 e. The van der Waals surface area contributed by atoms with Crippen LogP contribution in [0.3, 0.4) is 0 Å². The molecule has 148 valence electrons. The molecule has 10 heteroatoms. The van der Waals surface area contributed by atoms with E-state index in [1.54, 1.807) is 29.6 Å². The molecule has 2 amide bonds. The van der Waals surface area contributed by atoms with Crippen LogP contribution in [0.2, 0.25) is 0 Å². The molecule has 0 radical (unpaired) electrons. The second kappa shape index (κ2) is 8.15. The van der Waals surface area contributed by atoms with E-state index in [9.17, 15) is 14.4 Å². The van der Waals surface area contributed by atoms with E-state index in [0.29, 0.717) is 41.2 Å². The fraction of sp³-hybridized carbons (Fsp3) is 0.158. The Labute approximate surface area is 168 Å². The van der Waals surface area contributed by atoms with Crippen molar-refractivity contribution < 1.29 is 19.1 Å². The van der Waals surface area contributed by atoms with Crippen molar-refractivity contribution in [1.29, 1.82) is 0 Å². The summed E-state index contributed by atoms with van der Waals surface area (Å²) >= 11 is 1.17. The van der Waals surface area contributed by atoms with Crippen LogP contribution < -0.4 is 25.7 Å². The van der Waals surface area contributed by atoms with Gasteiger partial charge in [0.2, 0.25) is 5.91 Å². The molecule has 0 saturated heterocycles. The number of carbonyl (C=O) groups is 2. The smallest absolute Gasteiger partial charge is 0.263 e. The van der Waals surface area contributed by atoms with Crippen LogP contribution in [-0.2, 0) is 11.2 Å². The number of ether oxygens (including phenoxy) is 2. The van der Waals surface area contributed by atoms with E-state index >= 15 is 0 Å². The predicted molar refractivity (Wildman–Crippen MR) is 107 cm³/mol. The average Bonchev–Trinajstić information content (AvgIpc) is 3.14. The fourth-order valence-corrected chi connectivity index (χ4v) is 3.41. The minimum absolute atomic E-state index is 0.0133. The Kier molecular flexibility index (Phi) is 5.25. The van der Waals surface area contributed by atoms with Gasteiger partial charge in [-0.15, -0.1) is 11.3 Å². The third-order valence-corrected chi connectivity index (χ3v) is 4.81. The fourth-order valence-electron chi connectivity index (χ4n) is 2.70. The van der Waals surface area contributed by atoms with Gasteiger partial charge in [-0.1, -0.05) is 0 Å². The first-order valence-electron chi connectivity index (χ1n) is 8.71. The lowest BCUT2D eigenvalue weighted by Crippen LogP contribution is -2.22. The van der Waals surface area contributed by atoms with E-state index in [1.165, 1.54) is 23.6 Å². The molecule has 0 fully saturated rings. The molecule has 0 aliphatic carbocycles. The number of anilines is 2. The van der Waals surface area contributed by atoms with E-state index in [1.807, 2.05) is 0 Å². The number of hydrogen-bond donors (Lipinski definition) is 3. The van der Waals surface area contributed by atoms with Crippen molar-refractivity contribution in [2.24, 2.45) is 0 Å². The number of aromatic amines is 1. The van der Waals surface area contributed by atoms with Gasteiger partial charge in [-0.05, 0) is 24.3 Å². The maximum atomic E-state index is 12.3. The molecule has 0 bridgehead atoms. The molecule has 1 aliphatic heterocycles. The number of nitrogens with zero attached hydrogens (tertiary/aromatic N) is 1. The van der Waals surface area contributed by atoms with Gasteiger partial charge < -0.3 is 19.8 Å². The van der Waals surface area contributed by atoms with Crippen molar-refractivity contribution >= 4 is 34.0 Å². The first-order chi connectivity index (χ1) is 14.1. The number of benzene rings is 1. The summed E-state index contributed by atoms with van der Waals surface area (Å²) in [7, 11) is 0. The van der Waals surface area contributed by atoms with Gasteiger partial charge in [0.15, 0.2) is 16.6 Å². The Hall–Kier alpha value is -3.66. The van der Waals surface area contributed by atoms with Crippen LogP contribution in [0.4, 0.5) is 10.8 Å². The first-order valence-corrected chi connectivity index (χ1v) is 9.59. The number of carbonyl (C=O) groups excluding carboxylic acids is 2. The molecule has 29 heavy (non-hydrogen) atoms. The van der Waals surface area contributed by atoms with E-state index in [0.717, 1.165) is 0 Å². The summed E-state index contributed by atoms with van der Waals surface area (Å²) in [6.45, 7) is 0.965. The molecule has 3 aromatic rings. The molecule has 0 atom stereocenters. The van der Waals surface area contributed by atoms with Gasteiger partial charge in [0.25, 0.3) is 11.5 Å². The van der Waals surface area contributed by atoms with Gasteiger partial charge in [0.1, 0.15) is 18.8 Å². The second-order valence-electron chi connectivity index (χ2n) is 6.09. The molecule has 3 heterocycles. The largest absolute Gasteiger partial charge is 0.486 e. The summed E-state index contributed by atoms with van der Waals surface area (Å²) < 4.78 is 10.9. The Morgan fingerprint density at radius 3 is 2.79 bits per heavy atom. The van der Waals surface area contributed by atoms with Crippen molar-refractivity contribution in [3.63, 3.8) is 0 Å². The van der Waals surface area contributed by atoms with E-state index in [2.05, 4.69) is 20.6 Å². The maximum Gasteiger partial charge on any atom is 0.263 e. The van der Waals surface area contributed by atoms with Gasteiger partial charge in [-0.3, -0.25) is 19.7 Å². The zero-order valence-electron chi connectivity index (χ0n) is 15.1. The lowest BCUT2D eigenvalue weighted by molar-refractivity contribution is -0.115. The van der Waals surface area contributed by atoms with Crippen LogP contribution in [0.1, 0.15) is 16.1 Å². The molecule has 1 aliphatic rings. The Bertz CT molecular complexity index is 1120. The van der Waals surface area contributed by atoms with Gasteiger partial charge in [0, 0.05) is 23.3 Å². The summed E-state index contributed by atoms with van der Waals surface area (Å²) in [5, 5.41) is 7.32. The van der Waals surface area contributed by atoms with Crippen LogP contribution in [0.25, 0.3) is 0 Å². The van der Waals surface area contributed by atoms with Crippen molar-refractivity contribution in [2.75, 3.05) is 23.8 Å². The number of pyridine rings is 1. The number of fused-ring (bicyclic) bond motifs is 1. The molecular formula is C19H16N4O5S. The molecule has 4 rings (SSSR count). The lowest BCUT2D eigenvalue weighted by atomic mass is 10.2. The Morgan fingerprint density at radius 1 is 1.14 bits per heavy atom. The molecule has 0 unspecified atom stereocenters. The molecule has 0 saturated carbocycles. The van der Waals surface area contributed by atoms with Crippen molar-refractivity contribution in [3.8, 4) is 11.5 Å². The summed E-state index contributed by atoms with van der Waals surface area (Å²) in [5.74, 6) is 0.410. The van der Waals surface area contributed by atoms with E-state index in [4.69, 9.17) is 9.47 Å². The number of rotatable bonds is 5. The standard InChI is InChI=1S/C19H16N4O5S/c24-16(21-11-3-4-14-15(8-11)28-7-6-27-14)9-12-10-29-19(22-12)23-18(26)13-2-1-5-20-17(13)25/h1-5,8,10H,6-7,9H2,(H,20,25)(H,21,24)(H,22,23,26). The van der Waals surface area contributed by atoms with E-state index in [-0.39, 0.29) is 17.9 Å². The monoisotopic (exact) mass is 412 g/mol. The summed E-state index contributed by atoms with van der Waals surface area (Å²) in [4.78, 5) is 42.8. The van der Waals surface area contributed by atoms with Crippen LogP contribution in [0, 0.1) is 0 Å². The summed E-state index contributed by atoms with van der Waals surface area (Å²) in [6.07, 6.45) is 1.48. The Balaban J connectivity index is 1.36. The zero-order valence-corrected chi connectivity index (χ0v) is 15.9. The molecular weight excluding hydrogens is 396 g/mol. The maximum absolute atomic E-state index is 12.3. The molecule has 2 aromatic heterocycles. The van der Waals surface area contributed by atoms with Gasteiger partial charge in [0.05, 0.1) is 12.1 Å². The number of nitrogens with one attached hydrogen (secondary N) is 3. The zero-order chi connectivity index (χ0) is 20.2. The highest BCUT2D eigenvalue weighted by Crippen LogP contribution is 2.32. The molecule has 3 N–H and O–H groups in total. The van der Waals surface area contributed by atoms with Crippen molar-refractivity contribution in [2.45, 2.75) is 6.42 Å². The van der Waals surface area contributed by atoms with Crippen molar-refractivity contribution in [1.82, 2.24) is 9.97 Å². The number of thiazole rings is 1. The van der Waals surface area contributed by atoms with Crippen LogP contribution in [0.5, 0.6) is 11.5 Å². The van der Waals surface area contributed by atoms with Gasteiger partial charge >= 0.3 is 0 Å². The highest BCUT2D eigenvalue weighted by atomic mass is 32.1. The number of hydrogen-bond acceptors (Lipinski definition) is 7. The van der Waals surface area contributed by atoms with Crippen LogP contribution in [-0.4, -0.2) is 35.0 Å². The topological polar surface area (TPSA) is 122 Å². The van der Waals surface area contributed by atoms with Gasteiger partial charge in [-0.25, -0.2) is 4.98 Å². The van der Waals surface area contributed by atoms with Crippen molar-refractivity contribution in [3.05, 3.63) is 63.5 Å². The number of amides is 2. The minimum atomic E-state index is -0.562. The third kappa shape index (κ3) is 4.43. The lowest BCUT2D eigenvalue weighted by Gasteiger charge is -2.18. The Morgan fingerprint density at radius 2 is 1.97 bits per heavy atom. The number of H-pyrrole nitrogens is 1. The molecule has 1 aromatic carbocycles. The third-order valence-electron chi connectivity index (χ3n) is 4.00.